The third-order valence-electron chi connectivity index (χ3n) is 1.92. The molecule has 0 unspecified atom stereocenters. The summed E-state index contributed by atoms with van der Waals surface area (Å²) < 4.78 is 14.1. The van der Waals surface area contributed by atoms with Crippen LogP contribution in [0.5, 0.6) is 0 Å². The number of halogens is 2. The van der Waals surface area contributed by atoms with Crippen LogP contribution in [0.1, 0.15) is 13.8 Å². The molecule has 15 heavy (non-hydrogen) atoms. The van der Waals surface area contributed by atoms with Crippen LogP contribution in [0.3, 0.4) is 0 Å². The van der Waals surface area contributed by atoms with Crippen molar-refractivity contribution >= 4 is 21.6 Å². The van der Waals surface area contributed by atoms with Gasteiger partial charge in [-0.05, 0) is 18.2 Å². The van der Waals surface area contributed by atoms with Gasteiger partial charge in [0.05, 0.1) is 5.69 Å². The molecule has 0 bridgehead atoms. The van der Waals surface area contributed by atoms with Crippen molar-refractivity contribution in [1.82, 2.24) is 5.32 Å². The van der Waals surface area contributed by atoms with Crippen molar-refractivity contribution in [3.63, 3.8) is 0 Å². The number of hydrogen-bond acceptors (Lipinski definition) is 2. The van der Waals surface area contributed by atoms with Crippen LogP contribution >= 0.6 is 15.9 Å². The van der Waals surface area contributed by atoms with Crippen molar-refractivity contribution in [3.05, 3.63) is 28.5 Å². The molecule has 0 aliphatic carbocycles. The summed E-state index contributed by atoms with van der Waals surface area (Å²) in [5.74, 6) is -0.220. The Morgan fingerprint density at radius 2 is 2.07 bits per heavy atom. The monoisotopic (exact) mass is 274 g/mol. The fourth-order valence-electron chi connectivity index (χ4n) is 1.19. The lowest BCUT2D eigenvalue weighted by Gasteiger charge is -2.10. The molecule has 0 saturated carbocycles. The molecule has 0 amide bonds. The van der Waals surface area contributed by atoms with E-state index in [4.69, 9.17) is 0 Å². The number of nitrogens with one attached hydrogen (secondary N) is 2. The van der Waals surface area contributed by atoms with Crippen LogP contribution < -0.4 is 10.6 Å². The molecule has 1 aromatic rings. The fourth-order valence-corrected chi connectivity index (χ4v) is 1.55. The Bertz CT molecular complexity index is 315. The van der Waals surface area contributed by atoms with E-state index in [9.17, 15) is 4.39 Å². The smallest absolute Gasteiger partial charge is 0.146 e. The van der Waals surface area contributed by atoms with Gasteiger partial charge in [0.25, 0.3) is 0 Å². The molecule has 0 spiro atoms. The molecule has 2 nitrogen and oxygen atoms in total. The van der Waals surface area contributed by atoms with Gasteiger partial charge in [-0.3, -0.25) is 0 Å². The summed E-state index contributed by atoms with van der Waals surface area (Å²) in [5.41, 5.74) is 0.537. The number of hydrogen-bond donors (Lipinski definition) is 2. The van der Waals surface area contributed by atoms with E-state index in [1.165, 1.54) is 6.07 Å². The standard InChI is InChI=1S/C11H16BrFN2/c1-8(2)14-5-6-15-11-7-9(12)3-4-10(11)13/h3-4,7-8,14-15H,5-6H2,1-2H3. The quantitative estimate of drug-likeness (QED) is 0.807. The van der Waals surface area contributed by atoms with Gasteiger partial charge < -0.3 is 10.6 Å². The van der Waals surface area contributed by atoms with Gasteiger partial charge in [0.2, 0.25) is 0 Å². The van der Waals surface area contributed by atoms with Gasteiger partial charge in [0.1, 0.15) is 5.82 Å². The Morgan fingerprint density at radius 1 is 1.33 bits per heavy atom. The van der Waals surface area contributed by atoms with E-state index in [0.717, 1.165) is 11.0 Å². The molecule has 0 aliphatic heterocycles. The Morgan fingerprint density at radius 3 is 2.73 bits per heavy atom. The number of anilines is 1. The van der Waals surface area contributed by atoms with Crippen molar-refractivity contribution in [2.45, 2.75) is 19.9 Å². The second-order valence-electron chi connectivity index (χ2n) is 3.66. The lowest BCUT2D eigenvalue weighted by molar-refractivity contribution is 0.598. The first-order valence-corrected chi connectivity index (χ1v) is 5.81. The predicted octanol–water partition coefficient (Wildman–Crippen LogP) is 3.00. The van der Waals surface area contributed by atoms with Crippen molar-refractivity contribution < 1.29 is 4.39 Å². The summed E-state index contributed by atoms with van der Waals surface area (Å²) in [7, 11) is 0. The minimum absolute atomic E-state index is 0.220. The predicted molar refractivity (Wildman–Crippen MR) is 65.7 cm³/mol. The molecule has 1 rings (SSSR count). The topological polar surface area (TPSA) is 24.1 Å². The van der Waals surface area contributed by atoms with Gasteiger partial charge in [-0.25, -0.2) is 4.39 Å². The summed E-state index contributed by atoms with van der Waals surface area (Å²) in [5, 5.41) is 6.29. The highest BCUT2D eigenvalue weighted by Crippen LogP contribution is 2.19. The summed E-state index contributed by atoms with van der Waals surface area (Å²) in [6, 6.07) is 5.33. The largest absolute Gasteiger partial charge is 0.381 e. The Labute approximate surface area is 98.4 Å². The summed E-state index contributed by atoms with van der Waals surface area (Å²) >= 11 is 3.31. The van der Waals surface area contributed by atoms with E-state index in [1.807, 2.05) is 0 Å². The van der Waals surface area contributed by atoms with Gasteiger partial charge in [-0.15, -0.1) is 0 Å². The van der Waals surface area contributed by atoms with E-state index < -0.39 is 0 Å². The number of benzene rings is 1. The third kappa shape index (κ3) is 4.62. The van der Waals surface area contributed by atoms with Gasteiger partial charge >= 0.3 is 0 Å². The first kappa shape index (κ1) is 12.5. The van der Waals surface area contributed by atoms with Crippen LogP contribution in [0.15, 0.2) is 22.7 Å². The first-order chi connectivity index (χ1) is 7.09. The van der Waals surface area contributed by atoms with Crippen molar-refractivity contribution in [1.29, 1.82) is 0 Å². The average Bonchev–Trinajstić information content (AvgIpc) is 2.17. The lowest BCUT2D eigenvalue weighted by Crippen LogP contribution is -2.28. The fraction of sp³-hybridized carbons (Fsp3) is 0.455. The summed E-state index contributed by atoms with van der Waals surface area (Å²) in [6.45, 7) is 5.70. The molecule has 0 aromatic heterocycles. The maximum absolute atomic E-state index is 13.3. The van der Waals surface area contributed by atoms with Gasteiger partial charge in [0, 0.05) is 23.6 Å². The van der Waals surface area contributed by atoms with E-state index in [-0.39, 0.29) is 5.82 Å². The Balaban J connectivity index is 2.40. The maximum Gasteiger partial charge on any atom is 0.146 e. The highest BCUT2D eigenvalue weighted by Gasteiger charge is 2.01. The minimum Gasteiger partial charge on any atom is -0.381 e. The molecule has 84 valence electrons. The van der Waals surface area contributed by atoms with Crippen molar-refractivity contribution in [2.75, 3.05) is 18.4 Å². The Kier molecular flexibility index (Phi) is 5.05. The van der Waals surface area contributed by atoms with Crippen molar-refractivity contribution in [2.24, 2.45) is 0 Å². The Hall–Kier alpha value is -0.610. The zero-order valence-corrected chi connectivity index (χ0v) is 10.6. The maximum atomic E-state index is 13.3. The second kappa shape index (κ2) is 6.08. The molecular weight excluding hydrogens is 259 g/mol. The van der Waals surface area contributed by atoms with E-state index in [1.54, 1.807) is 12.1 Å². The highest BCUT2D eigenvalue weighted by atomic mass is 79.9. The molecule has 0 saturated heterocycles. The number of rotatable bonds is 5. The molecule has 1 aromatic carbocycles. The molecule has 2 N–H and O–H groups in total. The molecular formula is C11H16BrFN2. The molecule has 0 heterocycles. The molecule has 0 fully saturated rings. The molecule has 0 atom stereocenters. The van der Waals surface area contributed by atoms with Crippen LogP contribution in [0.2, 0.25) is 0 Å². The SMILES string of the molecule is CC(C)NCCNc1cc(Br)ccc1F. The van der Waals surface area contributed by atoms with E-state index in [2.05, 4.69) is 40.4 Å². The third-order valence-corrected chi connectivity index (χ3v) is 2.41. The summed E-state index contributed by atoms with van der Waals surface area (Å²) in [4.78, 5) is 0. The summed E-state index contributed by atoms with van der Waals surface area (Å²) in [6.07, 6.45) is 0. The first-order valence-electron chi connectivity index (χ1n) is 5.02. The molecule has 0 radical (unpaired) electrons. The van der Waals surface area contributed by atoms with E-state index in [0.29, 0.717) is 18.3 Å². The van der Waals surface area contributed by atoms with Crippen LogP contribution in [0, 0.1) is 5.82 Å². The normalized spacial score (nSPS) is 10.7. The zero-order valence-electron chi connectivity index (χ0n) is 8.98. The van der Waals surface area contributed by atoms with Gasteiger partial charge in [0.15, 0.2) is 0 Å². The van der Waals surface area contributed by atoms with Crippen LogP contribution in [-0.4, -0.2) is 19.1 Å². The molecule has 4 heteroatoms. The van der Waals surface area contributed by atoms with Crippen LogP contribution in [-0.2, 0) is 0 Å². The van der Waals surface area contributed by atoms with Gasteiger partial charge in [-0.1, -0.05) is 29.8 Å². The second-order valence-corrected chi connectivity index (χ2v) is 4.58. The van der Waals surface area contributed by atoms with Crippen LogP contribution in [0.4, 0.5) is 10.1 Å². The lowest BCUT2D eigenvalue weighted by atomic mass is 10.3. The van der Waals surface area contributed by atoms with Gasteiger partial charge in [-0.2, -0.15) is 0 Å². The van der Waals surface area contributed by atoms with Crippen LogP contribution in [0.25, 0.3) is 0 Å². The minimum atomic E-state index is -0.220. The average molecular weight is 275 g/mol. The molecule has 0 aliphatic rings. The van der Waals surface area contributed by atoms with Crippen molar-refractivity contribution in [3.8, 4) is 0 Å². The highest BCUT2D eigenvalue weighted by molar-refractivity contribution is 9.10. The van der Waals surface area contributed by atoms with E-state index >= 15 is 0 Å². The zero-order chi connectivity index (χ0) is 11.3.